The summed E-state index contributed by atoms with van der Waals surface area (Å²) >= 11 is 4.91. The van der Waals surface area contributed by atoms with Crippen LogP contribution in [0.25, 0.3) is 0 Å². The summed E-state index contributed by atoms with van der Waals surface area (Å²) in [5.41, 5.74) is 7.23. The lowest BCUT2D eigenvalue weighted by atomic mass is 9.86. The van der Waals surface area contributed by atoms with E-state index in [1.807, 2.05) is 24.3 Å². The third kappa shape index (κ3) is 4.04. The van der Waals surface area contributed by atoms with Gasteiger partial charge >= 0.3 is 0 Å². The van der Waals surface area contributed by atoms with E-state index in [4.69, 9.17) is 18.0 Å². The molecule has 1 fully saturated rings. The highest BCUT2D eigenvalue weighted by atomic mass is 32.1. The summed E-state index contributed by atoms with van der Waals surface area (Å²) in [7, 11) is 0. The van der Waals surface area contributed by atoms with Crippen molar-refractivity contribution in [2.24, 2.45) is 11.7 Å². The van der Waals surface area contributed by atoms with Crippen molar-refractivity contribution in [3.63, 3.8) is 0 Å². The van der Waals surface area contributed by atoms with Gasteiger partial charge in [0.05, 0.1) is 4.99 Å². The Morgan fingerprint density at radius 3 is 2.85 bits per heavy atom. The maximum absolute atomic E-state index is 12.3. The van der Waals surface area contributed by atoms with E-state index in [1.165, 1.54) is 19.3 Å². The Morgan fingerprint density at radius 2 is 2.15 bits per heavy atom. The van der Waals surface area contributed by atoms with Gasteiger partial charge in [-0.1, -0.05) is 44.1 Å². The minimum absolute atomic E-state index is 0.00791. The molecule has 2 unspecified atom stereocenters. The maximum atomic E-state index is 12.3. The number of amides is 1. The Kier molecular flexibility index (Phi) is 5.12. The number of nitrogens with one attached hydrogen (secondary N) is 1. The summed E-state index contributed by atoms with van der Waals surface area (Å²) in [5, 5.41) is 3.16. The monoisotopic (exact) mass is 290 g/mol. The third-order valence-electron chi connectivity index (χ3n) is 4.00. The van der Waals surface area contributed by atoms with Crippen LogP contribution in [0.2, 0.25) is 0 Å². The smallest absolute Gasteiger partial charge is 0.251 e. The lowest BCUT2D eigenvalue weighted by Crippen LogP contribution is -2.41. The first-order valence-corrected chi connectivity index (χ1v) is 7.65. The number of carbonyl (C=O) groups excluding carboxylic acids is 1. The van der Waals surface area contributed by atoms with Gasteiger partial charge < -0.3 is 11.1 Å². The summed E-state index contributed by atoms with van der Waals surface area (Å²) in [5.74, 6) is 0.570. The van der Waals surface area contributed by atoms with E-state index in [9.17, 15) is 4.79 Å². The van der Waals surface area contributed by atoms with Crippen LogP contribution < -0.4 is 11.1 Å². The Balaban J connectivity index is 2.03. The van der Waals surface area contributed by atoms with Crippen molar-refractivity contribution in [2.75, 3.05) is 0 Å². The second kappa shape index (κ2) is 6.84. The van der Waals surface area contributed by atoms with Gasteiger partial charge in [-0.3, -0.25) is 4.79 Å². The van der Waals surface area contributed by atoms with Gasteiger partial charge in [-0.15, -0.1) is 0 Å². The molecule has 1 aliphatic rings. The number of nitrogens with two attached hydrogens (primary N) is 1. The van der Waals surface area contributed by atoms with Gasteiger partial charge in [-0.25, -0.2) is 0 Å². The molecule has 1 aromatic rings. The molecule has 1 amide bonds. The second-order valence-corrected chi connectivity index (χ2v) is 6.21. The number of benzene rings is 1. The van der Waals surface area contributed by atoms with Crippen LogP contribution in [-0.4, -0.2) is 16.9 Å². The molecule has 2 atom stereocenters. The van der Waals surface area contributed by atoms with Crippen LogP contribution in [0.3, 0.4) is 0 Å². The van der Waals surface area contributed by atoms with E-state index in [2.05, 4.69) is 12.2 Å². The predicted molar refractivity (Wildman–Crippen MR) is 85.8 cm³/mol. The molecule has 0 aromatic heterocycles. The molecule has 20 heavy (non-hydrogen) atoms. The molecular weight excluding hydrogens is 268 g/mol. The first-order chi connectivity index (χ1) is 9.56. The molecule has 1 saturated carbocycles. The first kappa shape index (κ1) is 15.0. The fourth-order valence-electron chi connectivity index (χ4n) is 2.81. The lowest BCUT2D eigenvalue weighted by Gasteiger charge is -2.29. The van der Waals surface area contributed by atoms with Gasteiger partial charge in [0, 0.05) is 18.0 Å². The summed E-state index contributed by atoms with van der Waals surface area (Å²) in [4.78, 5) is 12.8. The zero-order chi connectivity index (χ0) is 14.5. The molecule has 4 heteroatoms. The molecule has 0 heterocycles. The molecule has 2 rings (SSSR count). The van der Waals surface area contributed by atoms with Crippen molar-refractivity contribution < 1.29 is 4.79 Å². The third-order valence-corrected chi connectivity index (χ3v) is 4.14. The fraction of sp³-hybridized carbons (Fsp3) is 0.500. The lowest BCUT2D eigenvalue weighted by molar-refractivity contribution is 0.0910. The molecule has 0 radical (unpaired) electrons. The van der Waals surface area contributed by atoms with Crippen molar-refractivity contribution in [3.8, 4) is 0 Å². The highest BCUT2D eigenvalue weighted by molar-refractivity contribution is 7.80. The number of carbonyl (C=O) groups is 1. The largest absolute Gasteiger partial charge is 0.393 e. The zero-order valence-electron chi connectivity index (χ0n) is 11.9. The number of hydrogen-bond acceptors (Lipinski definition) is 2. The molecule has 0 aliphatic heterocycles. The van der Waals surface area contributed by atoms with Crippen LogP contribution >= 0.6 is 12.2 Å². The van der Waals surface area contributed by atoms with Crippen molar-refractivity contribution in [1.29, 1.82) is 0 Å². The summed E-state index contributed by atoms with van der Waals surface area (Å²) in [6, 6.07) is 7.84. The number of rotatable bonds is 4. The molecule has 1 aliphatic carbocycles. The van der Waals surface area contributed by atoms with Crippen LogP contribution in [-0.2, 0) is 6.42 Å². The van der Waals surface area contributed by atoms with Crippen LogP contribution in [0, 0.1) is 5.92 Å². The van der Waals surface area contributed by atoms with Crippen LogP contribution in [0.5, 0.6) is 0 Å². The van der Waals surface area contributed by atoms with Crippen LogP contribution in [0.1, 0.15) is 48.5 Å². The van der Waals surface area contributed by atoms with Crippen LogP contribution in [0.4, 0.5) is 0 Å². The maximum Gasteiger partial charge on any atom is 0.251 e. The van der Waals surface area contributed by atoms with Gasteiger partial charge in [0.25, 0.3) is 5.91 Å². The molecule has 0 spiro atoms. The van der Waals surface area contributed by atoms with E-state index >= 15 is 0 Å². The van der Waals surface area contributed by atoms with E-state index in [0.717, 1.165) is 12.0 Å². The van der Waals surface area contributed by atoms with E-state index < -0.39 is 0 Å². The average molecular weight is 290 g/mol. The van der Waals surface area contributed by atoms with Gasteiger partial charge in [-0.05, 0) is 36.5 Å². The Bertz CT molecular complexity index is 501. The molecule has 1 aromatic carbocycles. The number of hydrogen-bond donors (Lipinski definition) is 2. The van der Waals surface area contributed by atoms with Crippen molar-refractivity contribution in [2.45, 2.75) is 45.1 Å². The SMILES string of the molecule is CC1CCCCC1NC(=O)c1cccc(CC(N)=S)c1. The van der Waals surface area contributed by atoms with Gasteiger partial charge in [-0.2, -0.15) is 0 Å². The Labute approximate surface area is 125 Å². The Hall–Kier alpha value is -1.42. The number of thiocarbonyl (C=S) groups is 1. The standard InChI is InChI=1S/C16H22N2OS/c1-11-5-2-3-8-14(11)18-16(19)13-7-4-6-12(9-13)10-15(17)20/h4,6-7,9,11,14H,2-3,5,8,10H2,1H3,(H2,17,20)(H,18,19). The first-order valence-electron chi connectivity index (χ1n) is 7.24. The quantitative estimate of drug-likeness (QED) is 0.838. The van der Waals surface area contributed by atoms with Gasteiger partial charge in [0.15, 0.2) is 0 Å². The van der Waals surface area contributed by atoms with Crippen molar-refractivity contribution in [3.05, 3.63) is 35.4 Å². The summed E-state index contributed by atoms with van der Waals surface area (Å²) in [6.45, 7) is 2.22. The summed E-state index contributed by atoms with van der Waals surface area (Å²) in [6.07, 6.45) is 5.30. The van der Waals surface area contributed by atoms with Gasteiger partial charge in [0.1, 0.15) is 0 Å². The Morgan fingerprint density at radius 1 is 1.40 bits per heavy atom. The second-order valence-electron chi connectivity index (χ2n) is 5.69. The molecular formula is C16H22N2OS. The molecule has 0 saturated heterocycles. The van der Waals surface area contributed by atoms with Crippen LogP contribution in [0.15, 0.2) is 24.3 Å². The van der Waals surface area contributed by atoms with Gasteiger partial charge in [0.2, 0.25) is 0 Å². The zero-order valence-corrected chi connectivity index (χ0v) is 12.7. The fourth-order valence-corrected chi connectivity index (χ4v) is 2.97. The van der Waals surface area contributed by atoms with E-state index in [-0.39, 0.29) is 5.91 Å². The minimum atomic E-state index is 0.00791. The highest BCUT2D eigenvalue weighted by Crippen LogP contribution is 2.24. The minimum Gasteiger partial charge on any atom is -0.393 e. The molecule has 108 valence electrons. The molecule has 3 N–H and O–H groups in total. The van der Waals surface area contributed by atoms with Crippen molar-refractivity contribution >= 4 is 23.1 Å². The highest BCUT2D eigenvalue weighted by Gasteiger charge is 2.23. The molecule has 3 nitrogen and oxygen atoms in total. The summed E-state index contributed by atoms with van der Waals surface area (Å²) < 4.78 is 0. The average Bonchev–Trinajstić information content (AvgIpc) is 2.41. The predicted octanol–water partition coefficient (Wildman–Crippen LogP) is 2.82. The van der Waals surface area contributed by atoms with Crippen molar-refractivity contribution in [1.82, 2.24) is 5.32 Å². The normalized spacial score (nSPS) is 22.2. The topological polar surface area (TPSA) is 55.1 Å². The molecule has 0 bridgehead atoms. The van der Waals surface area contributed by atoms with E-state index in [1.54, 1.807) is 0 Å². The van der Waals surface area contributed by atoms with E-state index in [0.29, 0.717) is 28.9 Å².